The largest absolute Gasteiger partial charge is 0.380 e. The maximum atomic E-state index is 11.9. The molecule has 0 fully saturated rings. The van der Waals surface area contributed by atoms with Gasteiger partial charge in [-0.15, -0.1) is 0 Å². The monoisotopic (exact) mass is 507 g/mol. The van der Waals surface area contributed by atoms with Gasteiger partial charge < -0.3 is 25.8 Å². The van der Waals surface area contributed by atoms with Crippen LogP contribution in [-0.2, 0) is 19.1 Å². The van der Waals surface area contributed by atoms with Crippen LogP contribution in [0.1, 0.15) is 90.4 Å². The highest BCUT2D eigenvalue weighted by atomic mass is 16.5. The summed E-state index contributed by atoms with van der Waals surface area (Å²) >= 11 is 0. The van der Waals surface area contributed by atoms with Crippen molar-refractivity contribution in [1.29, 1.82) is 0 Å². The lowest BCUT2D eigenvalue weighted by molar-refractivity contribution is -0.122. The number of hydrogen-bond acceptors (Lipinski definition) is 5. The highest BCUT2D eigenvalue weighted by molar-refractivity contribution is 5.76. The molecule has 0 radical (unpaired) electrons. The van der Waals surface area contributed by atoms with Crippen LogP contribution in [-0.4, -0.2) is 57.9 Å². The third-order valence-corrected chi connectivity index (χ3v) is 5.42. The van der Waals surface area contributed by atoms with Gasteiger partial charge in [0.15, 0.2) is 0 Å². The SMILES string of the molecule is CCCCC/C=C\C/C=C\C/C=C\CCCCCCC(=O)NCCOCCNC(=O)CCOCCN. The van der Waals surface area contributed by atoms with E-state index in [4.69, 9.17) is 15.2 Å². The highest BCUT2D eigenvalue weighted by Gasteiger charge is 2.02. The predicted octanol–water partition coefficient (Wildman–Crippen LogP) is 4.97. The maximum Gasteiger partial charge on any atom is 0.222 e. The van der Waals surface area contributed by atoms with Gasteiger partial charge in [0.1, 0.15) is 0 Å². The van der Waals surface area contributed by atoms with Gasteiger partial charge >= 0.3 is 0 Å². The summed E-state index contributed by atoms with van der Waals surface area (Å²) in [6, 6.07) is 0. The Morgan fingerprint density at radius 3 is 1.78 bits per heavy atom. The standard InChI is InChI=1S/C29H53N3O4/c1-2-3-4-5-6-7-8-9-10-11-12-13-14-15-16-17-18-19-28(33)31-22-26-36-27-23-32-29(34)20-24-35-25-21-30/h6-7,9-10,12-13H,2-5,8,11,14-27,30H2,1H3,(H,31,33)(H,32,34)/b7-6-,10-9-,13-12-. The number of rotatable bonds is 26. The van der Waals surface area contributed by atoms with Gasteiger partial charge in [-0.3, -0.25) is 9.59 Å². The summed E-state index contributed by atoms with van der Waals surface area (Å²) in [5.74, 6) is 0.0101. The van der Waals surface area contributed by atoms with Crippen molar-refractivity contribution in [1.82, 2.24) is 10.6 Å². The Morgan fingerprint density at radius 2 is 1.17 bits per heavy atom. The Balaban J connectivity index is 3.37. The molecule has 0 aromatic carbocycles. The molecule has 0 aromatic rings. The van der Waals surface area contributed by atoms with Gasteiger partial charge in [-0.05, 0) is 44.9 Å². The normalized spacial score (nSPS) is 11.7. The maximum absolute atomic E-state index is 11.9. The molecule has 0 bridgehead atoms. The Bertz CT molecular complexity index is 591. The minimum Gasteiger partial charge on any atom is -0.380 e. The van der Waals surface area contributed by atoms with E-state index in [1.54, 1.807) is 0 Å². The predicted molar refractivity (Wildman–Crippen MR) is 150 cm³/mol. The van der Waals surface area contributed by atoms with E-state index >= 15 is 0 Å². The molecule has 0 aliphatic carbocycles. The molecule has 0 saturated heterocycles. The second kappa shape index (κ2) is 29.3. The smallest absolute Gasteiger partial charge is 0.222 e. The molecule has 2 amide bonds. The van der Waals surface area contributed by atoms with E-state index in [2.05, 4.69) is 54.0 Å². The van der Waals surface area contributed by atoms with Gasteiger partial charge in [-0.25, -0.2) is 0 Å². The first-order valence-corrected chi connectivity index (χ1v) is 14.0. The summed E-state index contributed by atoms with van der Waals surface area (Å²) in [5, 5.41) is 5.64. The van der Waals surface area contributed by atoms with Gasteiger partial charge in [0.2, 0.25) is 11.8 Å². The number of nitrogens with one attached hydrogen (secondary N) is 2. The fourth-order valence-electron chi connectivity index (χ4n) is 3.35. The number of carbonyl (C=O) groups excluding carboxylic acids is 2. The van der Waals surface area contributed by atoms with Gasteiger partial charge in [0, 0.05) is 32.5 Å². The summed E-state index contributed by atoms with van der Waals surface area (Å²) in [4.78, 5) is 23.4. The van der Waals surface area contributed by atoms with Crippen molar-refractivity contribution in [3.05, 3.63) is 36.5 Å². The Hall–Kier alpha value is -1.96. The number of hydrogen-bond donors (Lipinski definition) is 3. The lowest BCUT2D eigenvalue weighted by atomic mass is 10.1. The zero-order valence-electron chi connectivity index (χ0n) is 22.8. The third-order valence-electron chi connectivity index (χ3n) is 5.42. The molecule has 0 atom stereocenters. The number of allylic oxidation sites excluding steroid dienone is 6. The number of amides is 2. The lowest BCUT2D eigenvalue weighted by Crippen LogP contribution is -2.30. The molecule has 7 heteroatoms. The van der Waals surface area contributed by atoms with Crippen molar-refractivity contribution in [3.63, 3.8) is 0 Å². The van der Waals surface area contributed by atoms with Crippen molar-refractivity contribution in [2.75, 3.05) is 46.1 Å². The van der Waals surface area contributed by atoms with Crippen LogP contribution < -0.4 is 16.4 Å². The average molecular weight is 508 g/mol. The molecular formula is C29H53N3O4. The minimum atomic E-state index is -0.0657. The first-order valence-electron chi connectivity index (χ1n) is 14.0. The Labute approximate surface area is 220 Å². The molecule has 0 heterocycles. The summed E-state index contributed by atoms with van der Waals surface area (Å²) in [6.07, 6.45) is 27.0. The third kappa shape index (κ3) is 28.3. The summed E-state index contributed by atoms with van der Waals surface area (Å²) in [7, 11) is 0. The molecule has 7 nitrogen and oxygen atoms in total. The fourth-order valence-corrected chi connectivity index (χ4v) is 3.35. The fraction of sp³-hybridized carbons (Fsp3) is 0.724. The van der Waals surface area contributed by atoms with E-state index in [-0.39, 0.29) is 11.8 Å². The molecule has 0 saturated carbocycles. The van der Waals surface area contributed by atoms with E-state index in [0.717, 1.165) is 38.5 Å². The zero-order valence-corrected chi connectivity index (χ0v) is 22.8. The number of unbranched alkanes of at least 4 members (excludes halogenated alkanes) is 7. The Morgan fingerprint density at radius 1 is 0.639 bits per heavy atom. The van der Waals surface area contributed by atoms with E-state index in [1.807, 2.05) is 0 Å². The van der Waals surface area contributed by atoms with Crippen molar-refractivity contribution in [3.8, 4) is 0 Å². The molecule has 0 aliphatic rings. The first-order chi connectivity index (χ1) is 17.7. The van der Waals surface area contributed by atoms with Crippen LogP contribution in [0.25, 0.3) is 0 Å². The molecule has 208 valence electrons. The van der Waals surface area contributed by atoms with Crippen molar-refractivity contribution in [2.45, 2.75) is 90.4 Å². The van der Waals surface area contributed by atoms with Crippen molar-refractivity contribution >= 4 is 11.8 Å². The van der Waals surface area contributed by atoms with Gasteiger partial charge in [0.25, 0.3) is 0 Å². The van der Waals surface area contributed by atoms with Crippen LogP contribution in [0.15, 0.2) is 36.5 Å². The average Bonchev–Trinajstić information content (AvgIpc) is 2.88. The number of carbonyl (C=O) groups is 2. The second-order valence-corrected chi connectivity index (χ2v) is 8.80. The molecule has 36 heavy (non-hydrogen) atoms. The molecule has 4 N–H and O–H groups in total. The van der Waals surface area contributed by atoms with E-state index in [9.17, 15) is 9.59 Å². The lowest BCUT2D eigenvalue weighted by Gasteiger charge is -2.08. The van der Waals surface area contributed by atoms with Crippen LogP contribution >= 0.6 is 0 Å². The van der Waals surface area contributed by atoms with Crippen molar-refractivity contribution < 1.29 is 19.1 Å². The summed E-state index contributed by atoms with van der Waals surface area (Å²) < 4.78 is 10.6. The van der Waals surface area contributed by atoms with Gasteiger partial charge in [-0.1, -0.05) is 69.1 Å². The van der Waals surface area contributed by atoms with Crippen LogP contribution in [0.4, 0.5) is 0 Å². The molecule has 0 unspecified atom stereocenters. The van der Waals surface area contributed by atoms with Gasteiger partial charge in [0.05, 0.1) is 26.4 Å². The number of ether oxygens (including phenoxy) is 2. The molecular weight excluding hydrogens is 454 g/mol. The first kappa shape index (κ1) is 34.0. The zero-order chi connectivity index (χ0) is 26.4. The van der Waals surface area contributed by atoms with Crippen molar-refractivity contribution in [2.24, 2.45) is 5.73 Å². The topological polar surface area (TPSA) is 103 Å². The van der Waals surface area contributed by atoms with Gasteiger partial charge in [-0.2, -0.15) is 0 Å². The van der Waals surface area contributed by atoms with E-state index in [0.29, 0.717) is 58.9 Å². The summed E-state index contributed by atoms with van der Waals surface area (Å²) in [6.45, 7) is 5.35. The van der Waals surface area contributed by atoms with E-state index in [1.165, 1.54) is 32.1 Å². The molecule has 0 spiro atoms. The molecule has 0 rings (SSSR count). The summed E-state index contributed by atoms with van der Waals surface area (Å²) in [5.41, 5.74) is 5.31. The number of nitrogens with two attached hydrogens (primary N) is 1. The van der Waals surface area contributed by atoms with Crippen LogP contribution in [0.3, 0.4) is 0 Å². The Kier molecular flexibility index (Phi) is 27.7. The quantitative estimate of drug-likeness (QED) is 0.113. The second-order valence-electron chi connectivity index (χ2n) is 8.80. The van der Waals surface area contributed by atoms with Crippen LogP contribution in [0, 0.1) is 0 Å². The molecule has 0 aromatic heterocycles. The highest BCUT2D eigenvalue weighted by Crippen LogP contribution is 2.06. The van der Waals surface area contributed by atoms with Crippen LogP contribution in [0.2, 0.25) is 0 Å². The van der Waals surface area contributed by atoms with E-state index < -0.39 is 0 Å². The molecule has 0 aliphatic heterocycles. The van der Waals surface area contributed by atoms with Crippen LogP contribution in [0.5, 0.6) is 0 Å². The minimum absolute atomic E-state index is 0.0657.